The van der Waals surface area contributed by atoms with Crippen molar-refractivity contribution in [2.24, 2.45) is 5.92 Å². The molecular formula is C20H36N4O3S3. The number of methoxy groups -OCH3 is 2. The van der Waals surface area contributed by atoms with Gasteiger partial charge in [-0.25, -0.2) is 10.9 Å². The van der Waals surface area contributed by atoms with Gasteiger partial charge in [-0.2, -0.15) is 0 Å². The first-order valence-electron chi connectivity index (χ1n) is 11.2. The molecule has 1 amide bonds. The lowest BCUT2D eigenvalue weighted by molar-refractivity contribution is -0.132. The van der Waals surface area contributed by atoms with Gasteiger partial charge in [0.15, 0.2) is 0 Å². The molecule has 2 aliphatic carbocycles. The topological polar surface area (TPSA) is 74.9 Å². The van der Waals surface area contributed by atoms with Gasteiger partial charge in [-0.15, -0.1) is 23.5 Å². The minimum absolute atomic E-state index is 0.0584. The molecule has 0 aromatic rings. The summed E-state index contributed by atoms with van der Waals surface area (Å²) in [6, 6.07) is 0.968. The van der Waals surface area contributed by atoms with E-state index in [9.17, 15) is 4.79 Å². The molecule has 0 aromatic carbocycles. The Bertz CT molecular complexity index is 585. The molecule has 2 heterocycles. The van der Waals surface area contributed by atoms with E-state index in [4.69, 9.17) is 9.47 Å². The standard InChI is InChI=1S/C20H36N4O3S3/c1-4-17(25)24(14-6-7-14)19-22-23-20(30-19)29-11-13-10-28-18(21-13)12-5-8-15(26-2)16(9-12)27-3/h12-16,18-23H,4-11H2,1-3H3. The number of rotatable bonds is 9. The first-order chi connectivity index (χ1) is 14.6. The van der Waals surface area contributed by atoms with Crippen LogP contribution in [-0.4, -0.2) is 76.4 Å². The molecule has 2 saturated carbocycles. The molecule has 7 nitrogen and oxygen atoms in total. The van der Waals surface area contributed by atoms with E-state index in [1.165, 1.54) is 6.42 Å². The average Bonchev–Trinajstić information content (AvgIpc) is 3.30. The molecule has 0 aromatic heterocycles. The molecule has 7 atom stereocenters. The number of carbonyl (C=O) groups excluding carboxylic acids is 1. The van der Waals surface area contributed by atoms with Gasteiger partial charge in [0, 0.05) is 44.2 Å². The van der Waals surface area contributed by atoms with Crippen LogP contribution in [0.1, 0.15) is 45.4 Å². The van der Waals surface area contributed by atoms with Gasteiger partial charge in [-0.05, 0) is 38.0 Å². The van der Waals surface area contributed by atoms with Crippen LogP contribution in [0.3, 0.4) is 0 Å². The SMILES string of the molecule is CCC(=O)N(C1CC1)C1NNC(SCC2CSC(C3CCC(OC)C(OC)C3)N2)S1. The van der Waals surface area contributed by atoms with Crippen molar-refractivity contribution in [3.8, 4) is 0 Å². The van der Waals surface area contributed by atoms with Gasteiger partial charge in [0.05, 0.1) is 17.6 Å². The van der Waals surface area contributed by atoms with Crippen molar-refractivity contribution >= 4 is 41.2 Å². The zero-order valence-electron chi connectivity index (χ0n) is 18.2. The van der Waals surface area contributed by atoms with Crippen LogP contribution in [0.2, 0.25) is 0 Å². The Kier molecular flexibility index (Phi) is 8.58. The molecule has 0 bridgehead atoms. The quantitative estimate of drug-likeness (QED) is 0.465. The average molecular weight is 477 g/mol. The number of nitrogens with one attached hydrogen (secondary N) is 3. The van der Waals surface area contributed by atoms with Crippen molar-refractivity contribution in [2.75, 3.05) is 25.7 Å². The molecule has 4 rings (SSSR count). The molecule has 0 spiro atoms. The third kappa shape index (κ3) is 5.62. The maximum Gasteiger partial charge on any atom is 0.224 e. The molecule has 2 aliphatic heterocycles. The van der Waals surface area contributed by atoms with Crippen molar-refractivity contribution in [3.63, 3.8) is 0 Å². The number of amides is 1. The van der Waals surface area contributed by atoms with E-state index in [0.717, 1.165) is 37.2 Å². The monoisotopic (exact) mass is 476 g/mol. The van der Waals surface area contributed by atoms with Gasteiger partial charge in [0.2, 0.25) is 5.91 Å². The van der Waals surface area contributed by atoms with Crippen molar-refractivity contribution < 1.29 is 14.3 Å². The maximum absolute atomic E-state index is 12.3. The highest BCUT2D eigenvalue weighted by atomic mass is 32.2. The largest absolute Gasteiger partial charge is 0.379 e. The van der Waals surface area contributed by atoms with E-state index >= 15 is 0 Å². The van der Waals surface area contributed by atoms with E-state index in [-0.39, 0.29) is 28.3 Å². The smallest absolute Gasteiger partial charge is 0.224 e. The number of carbonyl (C=O) groups is 1. The predicted octanol–water partition coefficient (Wildman–Crippen LogP) is 2.39. The van der Waals surface area contributed by atoms with E-state index in [2.05, 4.69) is 32.8 Å². The Morgan fingerprint density at radius 1 is 1.13 bits per heavy atom. The third-order valence-corrected chi connectivity index (χ3v) is 10.7. The summed E-state index contributed by atoms with van der Waals surface area (Å²) in [6.07, 6.45) is 6.68. The molecule has 10 heteroatoms. The summed E-state index contributed by atoms with van der Waals surface area (Å²) in [5.41, 5.74) is 6.79. The first kappa shape index (κ1) is 23.5. The number of thioether (sulfide) groups is 3. The Hall–Kier alpha value is 0.320. The molecular weight excluding hydrogens is 440 g/mol. The van der Waals surface area contributed by atoms with E-state index < -0.39 is 0 Å². The van der Waals surface area contributed by atoms with E-state index in [1.807, 2.05) is 30.4 Å². The minimum atomic E-state index is 0.0584. The van der Waals surface area contributed by atoms with Crippen LogP contribution < -0.4 is 16.2 Å². The zero-order chi connectivity index (χ0) is 21.1. The van der Waals surface area contributed by atoms with Gasteiger partial charge in [-0.3, -0.25) is 4.79 Å². The fraction of sp³-hybridized carbons (Fsp3) is 0.950. The Balaban J connectivity index is 1.19. The zero-order valence-corrected chi connectivity index (χ0v) is 20.6. The van der Waals surface area contributed by atoms with Crippen LogP contribution in [0.25, 0.3) is 0 Å². The van der Waals surface area contributed by atoms with Crippen molar-refractivity contribution in [1.29, 1.82) is 0 Å². The van der Waals surface area contributed by atoms with Gasteiger partial charge in [-0.1, -0.05) is 18.7 Å². The summed E-state index contributed by atoms with van der Waals surface area (Å²) in [7, 11) is 3.60. The van der Waals surface area contributed by atoms with Gasteiger partial charge >= 0.3 is 0 Å². The second kappa shape index (κ2) is 11.0. The van der Waals surface area contributed by atoms with Crippen LogP contribution >= 0.6 is 35.3 Å². The summed E-state index contributed by atoms with van der Waals surface area (Å²) >= 11 is 5.84. The molecule has 3 N–H and O–H groups in total. The summed E-state index contributed by atoms with van der Waals surface area (Å²) in [5.74, 6) is 3.15. The predicted molar refractivity (Wildman–Crippen MR) is 126 cm³/mol. The summed E-state index contributed by atoms with van der Waals surface area (Å²) in [5, 5.41) is 4.40. The van der Waals surface area contributed by atoms with Gasteiger partial charge in [0.1, 0.15) is 10.2 Å². The number of hydrogen-bond donors (Lipinski definition) is 3. The molecule has 4 fully saturated rings. The van der Waals surface area contributed by atoms with Crippen LogP contribution in [0.15, 0.2) is 0 Å². The van der Waals surface area contributed by atoms with E-state index in [0.29, 0.717) is 29.8 Å². The molecule has 30 heavy (non-hydrogen) atoms. The van der Waals surface area contributed by atoms with Crippen molar-refractivity contribution in [2.45, 2.75) is 85.3 Å². The lowest BCUT2D eigenvalue weighted by atomic mass is 9.84. The number of hydrogen-bond acceptors (Lipinski definition) is 9. The summed E-state index contributed by atoms with van der Waals surface area (Å²) in [4.78, 5) is 14.4. The highest BCUT2D eigenvalue weighted by Gasteiger charge is 2.41. The Morgan fingerprint density at radius 2 is 1.93 bits per heavy atom. The lowest BCUT2D eigenvalue weighted by Gasteiger charge is -2.36. The third-order valence-electron chi connectivity index (χ3n) is 6.49. The van der Waals surface area contributed by atoms with Crippen molar-refractivity contribution in [3.05, 3.63) is 0 Å². The highest BCUT2D eigenvalue weighted by Crippen LogP contribution is 2.39. The number of nitrogens with zero attached hydrogens (tertiary/aromatic N) is 1. The fourth-order valence-electron chi connectivity index (χ4n) is 4.65. The second-order valence-electron chi connectivity index (χ2n) is 8.57. The summed E-state index contributed by atoms with van der Waals surface area (Å²) in [6.45, 7) is 1.95. The second-order valence-corrected chi connectivity index (χ2v) is 12.4. The van der Waals surface area contributed by atoms with Crippen LogP contribution in [0.5, 0.6) is 0 Å². The fourth-order valence-corrected chi connectivity index (χ4v) is 8.82. The van der Waals surface area contributed by atoms with Gasteiger partial charge < -0.3 is 19.7 Å². The van der Waals surface area contributed by atoms with Gasteiger partial charge in [0.25, 0.3) is 0 Å². The normalized spacial score (nSPS) is 39.4. The molecule has 172 valence electrons. The highest BCUT2D eigenvalue weighted by molar-refractivity contribution is 8.17. The van der Waals surface area contributed by atoms with E-state index in [1.54, 1.807) is 14.2 Å². The van der Waals surface area contributed by atoms with Crippen molar-refractivity contribution in [1.82, 2.24) is 21.1 Å². The minimum Gasteiger partial charge on any atom is -0.379 e. The molecule has 2 saturated heterocycles. The lowest BCUT2D eigenvalue weighted by Crippen LogP contribution is -2.47. The van der Waals surface area contributed by atoms with Crippen LogP contribution in [0.4, 0.5) is 0 Å². The van der Waals surface area contributed by atoms with Crippen LogP contribution in [0, 0.1) is 5.92 Å². The Labute approximate surface area is 193 Å². The molecule has 0 radical (unpaired) electrons. The summed E-state index contributed by atoms with van der Waals surface area (Å²) < 4.78 is 11.6. The number of ether oxygens (including phenoxy) is 2. The Morgan fingerprint density at radius 3 is 2.63 bits per heavy atom. The number of hydrazine groups is 1. The van der Waals surface area contributed by atoms with Crippen LogP contribution in [-0.2, 0) is 14.3 Å². The first-order valence-corrected chi connectivity index (χ1v) is 14.2. The molecule has 7 unspecified atom stereocenters. The molecule has 4 aliphatic rings. The maximum atomic E-state index is 12.3.